The molecule has 2 aromatic carbocycles. The quantitative estimate of drug-likeness (QED) is 0.333. The van der Waals surface area contributed by atoms with Crippen molar-refractivity contribution < 1.29 is 9.13 Å². The number of pyridine rings is 2. The predicted molar refractivity (Wildman–Crippen MR) is 108 cm³/mol. The summed E-state index contributed by atoms with van der Waals surface area (Å²) in [5.41, 5.74) is 7.83. The van der Waals surface area contributed by atoms with Gasteiger partial charge >= 0.3 is 5.66 Å². The van der Waals surface area contributed by atoms with Gasteiger partial charge in [0.2, 0.25) is 5.69 Å². The Morgan fingerprint density at radius 1 is 0.714 bits per heavy atom. The number of benzene rings is 2. The molecule has 0 radical (unpaired) electrons. The third-order valence-electron chi connectivity index (χ3n) is 5.80. The first-order valence-corrected chi connectivity index (χ1v) is 9.56. The molecule has 4 aromatic rings. The number of hydrogen-bond acceptors (Lipinski definition) is 0. The maximum absolute atomic E-state index is 3.68. The highest BCUT2D eigenvalue weighted by atomic mass is 15.3. The smallest absolute Gasteiger partial charge is 0.112 e. The molecule has 2 heteroatoms. The lowest BCUT2D eigenvalue weighted by molar-refractivity contribution is -0.924. The molecule has 0 saturated carbocycles. The van der Waals surface area contributed by atoms with E-state index < -0.39 is 5.66 Å². The number of aryl methyl sites for hydroxylation is 1. The summed E-state index contributed by atoms with van der Waals surface area (Å²) in [5, 5.41) is 0. The first kappa shape index (κ1) is 15.4. The van der Waals surface area contributed by atoms with Gasteiger partial charge in [-0.15, -0.1) is 9.13 Å². The number of fused-ring (bicyclic) bond motifs is 6. The van der Waals surface area contributed by atoms with Crippen molar-refractivity contribution in [3.63, 3.8) is 0 Å². The molecule has 0 aliphatic carbocycles. The average Bonchev–Trinajstić information content (AvgIpc) is 3.21. The van der Waals surface area contributed by atoms with Crippen molar-refractivity contribution in [3.05, 3.63) is 108 Å². The highest BCUT2D eigenvalue weighted by Crippen LogP contribution is 2.40. The van der Waals surface area contributed by atoms with Gasteiger partial charge < -0.3 is 0 Å². The van der Waals surface area contributed by atoms with Crippen molar-refractivity contribution in [1.29, 1.82) is 0 Å². The van der Waals surface area contributed by atoms with Crippen LogP contribution in [0.1, 0.15) is 16.7 Å². The summed E-state index contributed by atoms with van der Waals surface area (Å²) in [4.78, 5) is 0. The van der Waals surface area contributed by atoms with Crippen LogP contribution in [-0.2, 0) is 5.66 Å². The summed E-state index contributed by atoms with van der Waals surface area (Å²) in [5.74, 6) is 7.15. The molecule has 130 valence electrons. The Morgan fingerprint density at radius 2 is 1.46 bits per heavy atom. The lowest BCUT2D eigenvalue weighted by Crippen LogP contribution is -2.67. The molecule has 2 aliphatic rings. The first-order valence-electron chi connectivity index (χ1n) is 9.56. The van der Waals surface area contributed by atoms with Gasteiger partial charge in [-0.25, -0.2) is 0 Å². The fraction of sp³-hybridized carbons (Fsp3) is 0.0769. The van der Waals surface area contributed by atoms with E-state index in [1.54, 1.807) is 0 Å². The second-order valence-corrected chi connectivity index (χ2v) is 7.42. The predicted octanol–water partition coefficient (Wildman–Crippen LogP) is 3.83. The molecule has 0 spiro atoms. The molecule has 0 fully saturated rings. The van der Waals surface area contributed by atoms with E-state index in [1.165, 1.54) is 33.8 Å². The van der Waals surface area contributed by atoms with Crippen LogP contribution in [0.2, 0.25) is 0 Å². The van der Waals surface area contributed by atoms with E-state index in [1.807, 2.05) is 0 Å². The highest BCUT2D eigenvalue weighted by molar-refractivity contribution is 5.69. The number of rotatable bonds is 0. The topological polar surface area (TPSA) is 7.76 Å². The first-order chi connectivity index (χ1) is 13.8. The summed E-state index contributed by atoms with van der Waals surface area (Å²) in [7, 11) is 0. The fourth-order valence-electron chi connectivity index (χ4n) is 4.55. The minimum Gasteiger partial charge on any atom is -0.112 e. The fourth-order valence-corrected chi connectivity index (χ4v) is 4.55. The third-order valence-corrected chi connectivity index (χ3v) is 5.80. The van der Waals surface area contributed by atoms with Crippen LogP contribution < -0.4 is 9.13 Å². The molecule has 0 saturated heterocycles. The summed E-state index contributed by atoms with van der Waals surface area (Å²) in [6.07, 6.45) is 2.15. The third kappa shape index (κ3) is 1.83. The Hall–Kier alpha value is -3.70. The van der Waals surface area contributed by atoms with E-state index in [9.17, 15) is 0 Å². The molecule has 1 unspecified atom stereocenters. The molecular weight excluding hydrogens is 340 g/mol. The van der Waals surface area contributed by atoms with Gasteiger partial charge in [0.25, 0.3) is 11.4 Å². The van der Waals surface area contributed by atoms with E-state index in [-0.39, 0.29) is 0 Å². The summed E-state index contributed by atoms with van der Waals surface area (Å²) in [6.45, 7) is 2.10. The van der Waals surface area contributed by atoms with Crippen molar-refractivity contribution in [2.24, 2.45) is 0 Å². The van der Waals surface area contributed by atoms with Crippen LogP contribution in [0.3, 0.4) is 0 Å². The second kappa shape index (κ2) is 5.41. The van der Waals surface area contributed by atoms with E-state index in [4.69, 9.17) is 0 Å². The van der Waals surface area contributed by atoms with Gasteiger partial charge in [-0.3, -0.25) is 0 Å². The minimum absolute atomic E-state index is 0.552. The van der Waals surface area contributed by atoms with Gasteiger partial charge in [0.1, 0.15) is 5.56 Å². The van der Waals surface area contributed by atoms with Crippen LogP contribution in [-0.4, -0.2) is 0 Å². The second-order valence-electron chi connectivity index (χ2n) is 7.42. The highest BCUT2D eigenvalue weighted by Gasteiger charge is 2.66. The Kier molecular flexibility index (Phi) is 2.97. The van der Waals surface area contributed by atoms with Crippen LogP contribution >= 0.6 is 0 Å². The summed E-state index contributed by atoms with van der Waals surface area (Å²) < 4.78 is 4.72. The molecule has 0 N–H and O–H groups in total. The monoisotopic (exact) mass is 358 g/mol. The average molecular weight is 358 g/mol. The van der Waals surface area contributed by atoms with Gasteiger partial charge in [-0.2, -0.15) is 0 Å². The van der Waals surface area contributed by atoms with Gasteiger partial charge in [-0.1, -0.05) is 35.7 Å². The van der Waals surface area contributed by atoms with Gasteiger partial charge in [-0.05, 0) is 43.3 Å². The van der Waals surface area contributed by atoms with Crippen LogP contribution in [0.15, 0.2) is 91.1 Å². The Balaban J connectivity index is 1.72. The molecule has 1 atom stereocenters. The van der Waals surface area contributed by atoms with Crippen LogP contribution in [0, 0.1) is 18.8 Å². The van der Waals surface area contributed by atoms with Crippen molar-refractivity contribution in [2.45, 2.75) is 12.6 Å². The zero-order chi connectivity index (χ0) is 18.7. The molecule has 28 heavy (non-hydrogen) atoms. The van der Waals surface area contributed by atoms with E-state index >= 15 is 0 Å². The molecule has 0 bridgehead atoms. The minimum atomic E-state index is -0.552. The van der Waals surface area contributed by atoms with Crippen LogP contribution in [0.25, 0.3) is 22.6 Å². The Labute approximate surface area is 164 Å². The maximum atomic E-state index is 3.68. The van der Waals surface area contributed by atoms with Gasteiger partial charge in [0.05, 0.1) is 11.5 Å². The van der Waals surface area contributed by atoms with Crippen molar-refractivity contribution in [1.82, 2.24) is 0 Å². The Morgan fingerprint density at radius 3 is 2.36 bits per heavy atom. The van der Waals surface area contributed by atoms with Gasteiger partial charge in [0.15, 0.2) is 6.20 Å². The molecule has 0 amide bonds. The van der Waals surface area contributed by atoms with Crippen molar-refractivity contribution >= 4 is 0 Å². The SMILES string of the molecule is Cc1ccc(C#CC23c4ccccc4-c4cccc([n+]42)-c2cccc[n+]23)cc1. The van der Waals surface area contributed by atoms with E-state index in [2.05, 4.69) is 119 Å². The number of nitrogens with zero attached hydrogens (tertiary/aromatic N) is 2. The van der Waals surface area contributed by atoms with Crippen LogP contribution in [0.5, 0.6) is 0 Å². The van der Waals surface area contributed by atoms with E-state index in [0.29, 0.717) is 0 Å². The molecule has 6 rings (SSSR count). The molecule has 4 heterocycles. The maximum Gasteiger partial charge on any atom is 0.455 e. The van der Waals surface area contributed by atoms with Gasteiger partial charge in [0, 0.05) is 29.8 Å². The normalized spacial score (nSPS) is 17.3. The van der Waals surface area contributed by atoms with Crippen molar-refractivity contribution in [2.75, 3.05) is 0 Å². The zero-order valence-corrected chi connectivity index (χ0v) is 15.6. The number of aromatic nitrogens is 2. The summed E-state index contributed by atoms with van der Waals surface area (Å²) >= 11 is 0. The molecular formula is C26H18N2+2. The van der Waals surface area contributed by atoms with Crippen molar-refractivity contribution in [3.8, 4) is 34.5 Å². The number of hydrogen-bond donors (Lipinski definition) is 0. The van der Waals surface area contributed by atoms with E-state index in [0.717, 1.165) is 5.56 Å². The Bertz CT molecular complexity index is 1250. The lowest BCUT2D eigenvalue weighted by Gasteiger charge is -2.09. The standard InChI is InChI=1S/C26H18N2/c1-19-12-14-20(15-13-19)16-17-26-22-8-3-2-7-21(22)23-10-6-11-25(28(23)26)24-9-4-5-18-27(24)26/h2-15,18H,1H3/q+2. The molecule has 2 aliphatic heterocycles. The molecule has 2 nitrogen and oxygen atoms in total. The van der Waals surface area contributed by atoms with Crippen LogP contribution in [0.4, 0.5) is 0 Å². The largest absolute Gasteiger partial charge is 0.455 e. The summed E-state index contributed by atoms with van der Waals surface area (Å²) in [6, 6.07) is 30.0. The zero-order valence-electron chi connectivity index (χ0n) is 15.6. The lowest BCUT2D eigenvalue weighted by atomic mass is 9.96. The molecule has 2 aromatic heterocycles.